The highest BCUT2D eigenvalue weighted by Gasteiger charge is 2.45. The smallest absolute Gasteiger partial charge is 0.334 e. The minimum Gasteiger partial charge on any atom is -0.508 e. The number of aromatic hydroxyl groups is 1. The van der Waals surface area contributed by atoms with Gasteiger partial charge in [0.25, 0.3) is 0 Å². The van der Waals surface area contributed by atoms with Crippen LogP contribution in [-0.4, -0.2) is 33.5 Å². The Morgan fingerprint density at radius 3 is 2.21 bits per heavy atom. The van der Waals surface area contributed by atoms with Gasteiger partial charge in [-0.2, -0.15) is 0 Å². The normalized spacial score (nSPS) is 13.9. The van der Waals surface area contributed by atoms with Gasteiger partial charge in [-0.05, 0) is 38.0 Å². The quantitative estimate of drug-likeness (QED) is 0.771. The highest BCUT2D eigenvalue weighted by Crippen LogP contribution is 2.34. The van der Waals surface area contributed by atoms with Gasteiger partial charge in [-0.3, -0.25) is 4.79 Å². The van der Waals surface area contributed by atoms with E-state index in [1.165, 1.54) is 29.2 Å². The molecule has 0 heterocycles. The number of rotatable bonds is 6. The van der Waals surface area contributed by atoms with Crippen molar-refractivity contribution in [3.63, 3.8) is 0 Å². The van der Waals surface area contributed by atoms with Gasteiger partial charge in [0, 0.05) is 6.04 Å². The average molecular weight is 265 g/mol. The molecule has 0 radical (unpaired) electrons. The van der Waals surface area contributed by atoms with Crippen molar-refractivity contribution in [3.05, 3.63) is 29.8 Å². The molecule has 1 amide bonds. The first-order valence-electron chi connectivity index (χ1n) is 6.16. The molecule has 1 rings (SSSR count). The largest absolute Gasteiger partial charge is 0.508 e. The molecule has 104 valence electrons. The van der Waals surface area contributed by atoms with Gasteiger partial charge in [-0.1, -0.05) is 19.1 Å². The summed E-state index contributed by atoms with van der Waals surface area (Å²) in [5.41, 5.74) is -0.940. The van der Waals surface area contributed by atoms with Crippen molar-refractivity contribution in [1.82, 2.24) is 4.90 Å². The maximum atomic E-state index is 11.8. The molecule has 0 aliphatic heterocycles. The summed E-state index contributed by atoms with van der Waals surface area (Å²) in [6, 6.07) is 5.66. The Morgan fingerprint density at radius 1 is 1.37 bits per heavy atom. The number of carboxylic acids is 1. The predicted octanol–water partition coefficient (Wildman–Crippen LogP) is 1.95. The van der Waals surface area contributed by atoms with Crippen molar-refractivity contribution < 1.29 is 19.8 Å². The molecule has 0 aromatic heterocycles. The number of carboxylic acid groups (broad SMARTS) is 1. The molecule has 0 aliphatic carbocycles. The van der Waals surface area contributed by atoms with Crippen molar-refractivity contribution in [1.29, 1.82) is 0 Å². The first-order chi connectivity index (χ1) is 8.90. The van der Waals surface area contributed by atoms with E-state index in [1.54, 1.807) is 20.8 Å². The van der Waals surface area contributed by atoms with Gasteiger partial charge in [0.15, 0.2) is 5.54 Å². The fourth-order valence-corrected chi connectivity index (χ4v) is 2.31. The molecule has 5 nitrogen and oxygen atoms in total. The van der Waals surface area contributed by atoms with E-state index >= 15 is 0 Å². The summed E-state index contributed by atoms with van der Waals surface area (Å²) < 4.78 is 0. The highest BCUT2D eigenvalue weighted by molar-refractivity contribution is 5.83. The van der Waals surface area contributed by atoms with Crippen LogP contribution >= 0.6 is 0 Å². The molecule has 0 bridgehead atoms. The Labute approximate surface area is 112 Å². The summed E-state index contributed by atoms with van der Waals surface area (Å²) in [7, 11) is 0. The summed E-state index contributed by atoms with van der Waals surface area (Å²) in [4.78, 5) is 24.4. The number of carbonyl (C=O) groups is 2. The number of benzene rings is 1. The summed E-state index contributed by atoms with van der Waals surface area (Å²) >= 11 is 0. The monoisotopic (exact) mass is 265 g/mol. The third-order valence-electron chi connectivity index (χ3n) is 3.32. The van der Waals surface area contributed by atoms with E-state index in [-0.39, 0.29) is 18.2 Å². The van der Waals surface area contributed by atoms with Crippen LogP contribution in [0.25, 0.3) is 0 Å². The summed E-state index contributed by atoms with van der Waals surface area (Å²) in [6.07, 6.45) is 0.805. The Hall–Kier alpha value is -2.04. The highest BCUT2D eigenvalue weighted by atomic mass is 16.4. The van der Waals surface area contributed by atoms with Gasteiger partial charge in [-0.25, -0.2) is 4.79 Å². The number of nitrogens with zero attached hydrogens (tertiary/aromatic N) is 1. The first-order valence-corrected chi connectivity index (χ1v) is 6.16. The Balaban J connectivity index is 3.46. The number of carbonyl (C=O) groups excluding carboxylic acids is 1. The fraction of sp³-hybridized carbons (Fsp3) is 0.429. The molecule has 0 saturated heterocycles. The maximum absolute atomic E-state index is 11.8. The molecule has 0 saturated carbocycles. The molecule has 2 N–H and O–H groups in total. The second kappa shape index (κ2) is 5.73. The molecule has 1 aromatic rings. The summed E-state index contributed by atoms with van der Waals surface area (Å²) in [5, 5.41) is 18.9. The number of aliphatic carboxylic acids is 1. The standard InChI is InChI=1S/C14H19NO4/c1-4-14(13(18)19,15(9-16)10(2)3)11-5-7-12(17)8-6-11/h5-10,17H,4H2,1-3H3,(H,18,19). The number of phenolic OH excluding ortho intramolecular Hbond substituents is 1. The van der Waals surface area contributed by atoms with E-state index in [0.717, 1.165) is 0 Å². The van der Waals surface area contributed by atoms with Crippen LogP contribution in [0.5, 0.6) is 5.75 Å². The van der Waals surface area contributed by atoms with Crippen LogP contribution < -0.4 is 0 Å². The van der Waals surface area contributed by atoms with Gasteiger partial charge in [0.05, 0.1) is 0 Å². The third kappa shape index (κ3) is 2.54. The number of hydrogen-bond donors (Lipinski definition) is 2. The van der Waals surface area contributed by atoms with E-state index in [1.807, 2.05) is 0 Å². The van der Waals surface area contributed by atoms with Crippen LogP contribution in [0, 0.1) is 0 Å². The van der Waals surface area contributed by atoms with Crippen LogP contribution in [-0.2, 0) is 15.1 Å². The summed E-state index contributed by atoms with van der Waals surface area (Å²) in [6.45, 7) is 5.25. The lowest BCUT2D eigenvalue weighted by Crippen LogP contribution is -2.54. The number of phenols is 1. The van der Waals surface area contributed by atoms with E-state index in [2.05, 4.69) is 0 Å². The predicted molar refractivity (Wildman–Crippen MR) is 70.8 cm³/mol. The Bertz CT molecular complexity index is 455. The molecule has 1 unspecified atom stereocenters. The number of hydrogen-bond acceptors (Lipinski definition) is 3. The molecular weight excluding hydrogens is 246 g/mol. The topological polar surface area (TPSA) is 77.8 Å². The van der Waals surface area contributed by atoms with Gasteiger partial charge >= 0.3 is 5.97 Å². The molecular formula is C14H19NO4. The zero-order valence-electron chi connectivity index (χ0n) is 11.3. The van der Waals surface area contributed by atoms with Crippen LogP contribution in [0.15, 0.2) is 24.3 Å². The molecule has 1 atom stereocenters. The molecule has 1 aromatic carbocycles. The van der Waals surface area contributed by atoms with Crippen LogP contribution in [0.4, 0.5) is 0 Å². The first kappa shape index (κ1) is 15.0. The number of amides is 1. The average Bonchev–Trinajstić information content (AvgIpc) is 2.36. The minimum atomic E-state index is -1.41. The molecule has 19 heavy (non-hydrogen) atoms. The van der Waals surface area contributed by atoms with E-state index in [0.29, 0.717) is 12.0 Å². The van der Waals surface area contributed by atoms with Crippen molar-refractivity contribution in [3.8, 4) is 5.75 Å². The van der Waals surface area contributed by atoms with E-state index in [4.69, 9.17) is 0 Å². The lowest BCUT2D eigenvalue weighted by Gasteiger charge is -2.40. The Morgan fingerprint density at radius 2 is 1.89 bits per heavy atom. The lowest BCUT2D eigenvalue weighted by atomic mass is 9.84. The van der Waals surface area contributed by atoms with E-state index < -0.39 is 11.5 Å². The van der Waals surface area contributed by atoms with Crippen molar-refractivity contribution in [2.45, 2.75) is 38.8 Å². The molecule has 0 fully saturated rings. The van der Waals surface area contributed by atoms with Crippen LogP contribution in [0.1, 0.15) is 32.8 Å². The second-order valence-corrected chi connectivity index (χ2v) is 4.67. The zero-order valence-corrected chi connectivity index (χ0v) is 11.3. The Kier molecular flexibility index (Phi) is 4.53. The summed E-state index contributed by atoms with van der Waals surface area (Å²) in [5.74, 6) is -1.03. The van der Waals surface area contributed by atoms with Gasteiger partial charge in [0.2, 0.25) is 6.41 Å². The van der Waals surface area contributed by atoms with Crippen LogP contribution in [0.3, 0.4) is 0 Å². The van der Waals surface area contributed by atoms with Gasteiger partial charge < -0.3 is 15.1 Å². The van der Waals surface area contributed by atoms with Gasteiger partial charge in [-0.15, -0.1) is 0 Å². The third-order valence-corrected chi connectivity index (χ3v) is 3.32. The minimum absolute atomic E-state index is 0.0568. The fourth-order valence-electron chi connectivity index (χ4n) is 2.31. The SMILES string of the molecule is CCC(C(=O)O)(c1ccc(O)cc1)N(C=O)C(C)C. The zero-order chi connectivity index (χ0) is 14.6. The lowest BCUT2D eigenvalue weighted by molar-refractivity contribution is -0.158. The molecule has 0 spiro atoms. The van der Waals surface area contributed by atoms with Crippen molar-refractivity contribution in [2.75, 3.05) is 0 Å². The van der Waals surface area contributed by atoms with Crippen molar-refractivity contribution in [2.24, 2.45) is 0 Å². The van der Waals surface area contributed by atoms with E-state index in [9.17, 15) is 19.8 Å². The van der Waals surface area contributed by atoms with Gasteiger partial charge in [0.1, 0.15) is 5.75 Å². The molecule has 0 aliphatic rings. The van der Waals surface area contributed by atoms with Crippen molar-refractivity contribution >= 4 is 12.4 Å². The molecule has 5 heteroatoms. The second-order valence-electron chi connectivity index (χ2n) is 4.67. The van der Waals surface area contributed by atoms with Crippen LogP contribution in [0.2, 0.25) is 0 Å². The maximum Gasteiger partial charge on any atom is 0.334 e.